The summed E-state index contributed by atoms with van der Waals surface area (Å²) in [6, 6.07) is 0.567. The molecule has 0 unspecified atom stereocenters. The number of nitrogens with two attached hydrogens (primary N) is 1. The van der Waals surface area contributed by atoms with Crippen LogP contribution >= 0.6 is 0 Å². The van der Waals surface area contributed by atoms with Crippen molar-refractivity contribution in [2.24, 2.45) is 5.73 Å². The summed E-state index contributed by atoms with van der Waals surface area (Å²) in [6.07, 6.45) is 3.69. The minimum atomic E-state index is -0.0273. The van der Waals surface area contributed by atoms with Crippen molar-refractivity contribution in [1.82, 2.24) is 24.8 Å². The first-order chi connectivity index (χ1) is 9.11. The molecular weight excluding hydrogens is 244 g/mol. The lowest BCUT2D eigenvalue weighted by molar-refractivity contribution is 0.0657. The topological polar surface area (TPSA) is 80.3 Å². The van der Waals surface area contributed by atoms with Crippen molar-refractivity contribution in [3.8, 4) is 0 Å². The predicted molar refractivity (Wildman–Crippen MR) is 71.7 cm³/mol. The van der Waals surface area contributed by atoms with Crippen molar-refractivity contribution < 1.29 is 4.79 Å². The third kappa shape index (κ3) is 3.30. The fourth-order valence-electron chi connectivity index (χ4n) is 2.39. The number of carbonyl (C=O) groups is 1. The van der Waals surface area contributed by atoms with Gasteiger partial charge < -0.3 is 15.5 Å². The largest absolute Gasteiger partial charge is 0.337 e. The number of amides is 1. The van der Waals surface area contributed by atoms with Gasteiger partial charge in [0.15, 0.2) is 5.69 Å². The van der Waals surface area contributed by atoms with Gasteiger partial charge in [0.05, 0.1) is 12.7 Å². The summed E-state index contributed by atoms with van der Waals surface area (Å²) in [5, 5.41) is 7.82. The molecule has 1 aromatic rings. The first-order valence-corrected chi connectivity index (χ1v) is 6.67. The second-order valence-electron chi connectivity index (χ2n) is 5.14. The van der Waals surface area contributed by atoms with Crippen molar-refractivity contribution in [3.63, 3.8) is 0 Å². The molecule has 0 bridgehead atoms. The molecule has 1 aliphatic heterocycles. The molecule has 7 heteroatoms. The molecule has 2 rings (SSSR count). The molecule has 19 heavy (non-hydrogen) atoms. The second kappa shape index (κ2) is 6.12. The van der Waals surface area contributed by atoms with Crippen LogP contribution in [0.2, 0.25) is 0 Å². The van der Waals surface area contributed by atoms with Gasteiger partial charge in [0.25, 0.3) is 5.91 Å². The van der Waals surface area contributed by atoms with Gasteiger partial charge in [-0.15, -0.1) is 5.10 Å². The number of carbonyl (C=O) groups excluding carboxylic acids is 1. The standard InChI is InChI=1S/C12H22N6O/c1-16(2)10-3-6-17(7-4-10)12(19)11-9-18(8-5-13)15-14-11/h9-10H,3-8,13H2,1-2H3. The molecular formula is C12H22N6O. The summed E-state index contributed by atoms with van der Waals surface area (Å²) in [5.41, 5.74) is 5.86. The van der Waals surface area contributed by atoms with Crippen molar-refractivity contribution in [1.29, 1.82) is 0 Å². The fourth-order valence-corrected chi connectivity index (χ4v) is 2.39. The Hall–Kier alpha value is -1.47. The lowest BCUT2D eigenvalue weighted by atomic mass is 10.0. The summed E-state index contributed by atoms with van der Waals surface area (Å²) < 4.78 is 1.61. The molecule has 1 aromatic heterocycles. The van der Waals surface area contributed by atoms with Crippen LogP contribution in [0.1, 0.15) is 23.3 Å². The highest BCUT2D eigenvalue weighted by Crippen LogP contribution is 2.15. The van der Waals surface area contributed by atoms with Crippen molar-refractivity contribution in [2.75, 3.05) is 33.7 Å². The number of piperidine rings is 1. The zero-order valence-electron chi connectivity index (χ0n) is 11.6. The Labute approximate surface area is 113 Å². The third-order valence-corrected chi connectivity index (χ3v) is 3.60. The molecule has 1 fully saturated rings. The quantitative estimate of drug-likeness (QED) is 0.787. The lowest BCUT2D eigenvalue weighted by Gasteiger charge is -2.34. The molecule has 0 aliphatic carbocycles. The fraction of sp³-hybridized carbons (Fsp3) is 0.750. The van der Waals surface area contributed by atoms with Crippen LogP contribution in [0.3, 0.4) is 0 Å². The van der Waals surface area contributed by atoms with E-state index in [0.29, 0.717) is 24.8 Å². The molecule has 1 saturated heterocycles. The molecule has 2 heterocycles. The Kier molecular flexibility index (Phi) is 4.49. The number of hydrogen-bond donors (Lipinski definition) is 1. The normalized spacial score (nSPS) is 17.2. The maximum atomic E-state index is 12.3. The number of nitrogens with zero attached hydrogens (tertiary/aromatic N) is 5. The van der Waals surface area contributed by atoms with E-state index in [1.807, 2.05) is 4.90 Å². The van der Waals surface area contributed by atoms with E-state index < -0.39 is 0 Å². The summed E-state index contributed by atoms with van der Waals surface area (Å²) in [5.74, 6) is -0.0273. The third-order valence-electron chi connectivity index (χ3n) is 3.60. The maximum Gasteiger partial charge on any atom is 0.276 e. The number of aromatic nitrogens is 3. The van der Waals surface area contributed by atoms with Gasteiger partial charge in [-0.25, -0.2) is 0 Å². The minimum absolute atomic E-state index is 0.0273. The monoisotopic (exact) mass is 266 g/mol. The van der Waals surface area contributed by atoms with E-state index in [1.54, 1.807) is 10.9 Å². The van der Waals surface area contributed by atoms with Crippen molar-refractivity contribution >= 4 is 5.91 Å². The molecule has 0 atom stereocenters. The molecule has 0 saturated carbocycles. The molecule has 2 N–H and O–H groups in total. The summed E-state index contributed by atoms with van der Waals surface area (Å²) >= 11 is 0. The number of rotatable bonds is 4. The maximum absolute atomic E-state index is 12.3. The SMILES string of the molecule is CN(C)C1CCN(C(=O)c2cn(CCN)nn2)CC1. The highest BCUT2D eigenvalue weighted by atomic mass is 16.2. The van der Waals surface area contributed by atoms with Gasteiger partial charge in [0, 0.05) is 25.7 Å². The smallest absolute Gasteiger partial charge is 0.276 e. The summed E-state index contributed by atoms with van der Waals surface area (Å²) in [7, 11) is 4.17. The zero-order valence-corrected chi connectivity index (χ0v) is 11.6. The Balaban J connectivity index is 1.93. The van der Waals surface area contributed by atoms with Crippen LogP contribution in [-0.4, -0.2) is 70.5 Å². The van der Waals surface area contributed by atoms with Crippen LogP contribution in [0, 0.1) is 0 Å². The van der Waals surface area contributed by atoms with Crippen LogP contribution in [0.25, 0.3) is 0 Å². The molecule has 0 aromatic carbocycles. The van der Waals surface area contributed by atoms with E-state index in [0.717, 1.165) is 25.9 Å². The van der Waals surface area contributed by atoms with Crippen LogP contribution in [0.4, 0.5) is 0 Å². The van der Waals surface area contributed by atoms with Gasteiger partial charge >= 0.3 is 0 Å². The van der Waals surface area contributed by atoms with Gasteiger partial charge in [-0.3, -0.25) is 9.48 Å². The predicted octanol–water partition coefficient (Wildman–Crippen LogP) is -0.597. The van der Waals surface area contributed by atoms with Crippen molar-refractivity contribution in [3.05, 3.63) is 11.9 Å². The molecule has 7 nitrogen and oxygen atoms in total. The second-order valence-corrected chi connectivity index (χ2v) is 5.14. The van der Waals surface area contributed by atoms with Gasteiger partial charge in [-0.05, 0) is 26.9 Å². The van der Waals surface area contributed by atoms with E-state index in [1.165, 1.54) is 0 Å². The Morgan fingerprint density at radius 2 is 2.16 bits per heavy atom. The first kappa shape index (κ1) is 14.0. The average Bonchev–Trinajstić information content (AvgIpc) is 2.87. The lowest BCUT2D eigenvalue weighted by Crippen LogP contribution is -2.44. The summed E-state index contributed by atoms with van der Waals surface area (Å²) in [4.78, 5) is 16.3. The van der Waals surface area contributed by atoms with E-state index >= 15 is 0 Å². The molecule has 0 radical (unpaired) electrons. The Morgan fingerprint density at radius 1 is 1.47 bits per heavy atom. The van der Waals surface area contributed by atoms with Crippen LogP contribution in [-0.2, 0) is 6.54 Å². The zero-order chi connectivity index (χ0) is 13.8. The molecule has 106 valence electrons. The van der Waals surface area contributed by atoms with E-state index in [4.69, 9.17) is 5.73 Å². The summed E-state index contributed by atoms with van der Waals surface area (Å²) in [6.45, 7) is 2.64. The molecule has 1 amide bonds. The Morgan fingerprint density at radius 3 is 2.74 bits per heavy atom. The van der Waals surface area contributed by atoms with E-state index in [-0.39, 0.29) is 5.91 Å². The molecule has 1 aliphatic rings. The highest BCUT2D eigenvalue weighted by molar-refractivity contribution is 5.91. The van der Waals surface area contributed by atoms with Crippen LogP contribution in [0.15, 0.2) is 6.20 Å². The average molecular weight is 266 g/mol. The first-order valence-electron chi connectivity index (χ1n) is 6.67. The van der Waals surface area contributed by atoms with Crippen LogP contribution in [0.5, 0.6) is 0 Å². The van der Waals surface area contributed by atoms with Gasteiger partial charge in [0.1, 0.15) is 0 Å². The highest BCUT2D eigenvalue weighted by Gasteiger charge is 2.25. The Bertz CT molecular complexity index is 422. The number of likely N-dealkylation sites (tertiary alicyclic amines) is 1. The van der Waals surface area contributed by atoms with Gasteiger partial charge in [-0.1, -0.05) is 5.21 Å². The minimum Gasteiger partial charge on any atom is -0.337 e. The number of hydrogen-bond acceptors (Lipinski definition) is 5. The van der Waals surface area contributed by atoms with E-state index in [9.17, 15) is 4.79 Å². The molecule has 0 spiro atoms. The van der Waals surface area contributed by atoms with Gasteiger partial charge in [0.2, 0.25) is 0 Å². The van der Waals surface area contributed by atoms with Crippen molar-refractivity contribution in [2.45, 2.75) is 25.4 Å². The van der Waals surface area contributed by atoms with E-state index in [2.05, 4.69) is 29.3 Å². The van der Waals surface area contributed by atoms with Crippen LogP contribution < -0.4 is 5.73 Å². The van der Waals surface area contributed by atoms with Gasteiger partial charge in [-0.2, -0.15) is 0 Å².